The predicted octanol–water partition coefficient (Wildman–Crippen LogP) is 0.400. The zero-order valence-electron chi connectivity index (χ0n) is 11.6. The highest BCUT2D eigenvalue weighted by molar-refractivity contribution is 5.22. The summed E-state index contributed by atoms with van der Waals surface area (Å²) < 4.78 is 2.86. The van der Waals surface area contributed by atoms with Crippen molar-refractivity contribution in [1.82, 2.24) is 19.3 Å². The van der Waals surface area contributed by atoms with E-state index in [2.05, 4.69) is 10.1 Å². The van der Waals surface area contributed by atoms with Gasteiger partial charge in [0.25, 0.3) is 5.56 Å². The molecule has 2 heterocycles. The van der Waals surface area contributed by atoms with Crippen LogP contribution in [0.4, 0.5) is 0 Å². The minimum atomic E-state index is -0.601. The second kappa shape index (κ2) is 5.77. The first-order valence-electron chi connectivity index (χ1n) is 6.57. The maximum absolute atomic E-state index is 11.8. The number of aromatic amines is 1. The summed E-state index contributed by atoms with van der Waals surface area (Å²) in [7, 11) is 0. The molecule has 2 aromatic heterocycles. The Morgan fingerprint density at radius 3 is 2.70 bits per heavy atom. The van der Waals surface area contributed by atoms with Gasteiger partial charge >= 0.3 is 5.69 Å². The van der Waals surface area contributed by atoms with Crippen LogP contribution in [0.3, 0.4) is 0 Å². The van der Waals surface area contributed by atoms with E-state index in [-0.39, 0.29) is 18.0 Å². The first-order chi connectivity index (χ1) is 9.52. The molecular weight excluding hydrogens is 260 g/mol. The van der Waals surface area contributed by atoms with Gasteiger partial charge < -0.3 is 5.11 Å². The fourth-order valence-corrected chi connectivity index (χ4v) is 2.08. The summed E-state index contributed by atoms with van der Waals surface area (Å²) in [6, 6.07) is 0. The maximum atomic E-state index is 11.8. The zero-order valence-corrected chi connectivity index (χ0v) is 11.6. The first kappa shape index (κ1) is 14.1. The molecular formula is C13H18N4O3. The standard InChI is InChI=1S/C13H18N4O3/c1-3-4-10-11(18)15-13(20)17(12(10)19)6-5-16-8-9(2)7-14-16/h7-8,19H,3-6H2,1-2H3,(H,15,18,20). The van der Waals surface area contributed by atoms with E-state index in [0.29, 0.717) is 19.4 Å². The van der Waals surface area contributed by atoms with Crippen molar-refractivity contribution in [3.05, 3.63) is 44.4 Å². The van der Waals surface area contributed by atoms with Gasteiger partial charge in [-0.05, 0) is 18.9 Å². The third kappa shape index (κ3) is 2.81. The van der Waals surface area contributed by atoms with Crippen molar-refractivity contribution in [3.63, 3.8) is 0 Å². The Labute approximate surface area is 115 Å². The summed E-state index contributed by atoms with van der Waals surface area (Å²) in [4.78, 5) is 25.6. The van der Waals surface area contributed by atoms with Crippen LogP contribution in [0.2, 0.25) is 0 Å². The quantitative estimate of drug-likeness (QED) is 0.828. The molecule has 0 spiro atoms. The van der Waals surface area contributed by atoms with Crippen LogP contribution in [0.15, 0.2) is 22.0 Å². The average Bonchev–Trinajstić information content (AvgIpc) is 2.80. The Morgan fingerprint density at radius 2 is 2.10 bits per heavy atom. The predicted molar refractivity (Wildman–Crippen MR) is 73.9 cm³/mol. The molecule has 2 rings (SSSR count). The molecule has 2 N–H and O–H groups in total. The van der Waals surface area contributed by atoms with Crippen molar-refractivity contribution >= 4 is 0 Å². The lowest BCUT2D eigenvalue weighted by Crippen LogP contribution is -2.33. The molecule has 20 heavy (non-hydrogen) atoms. The number of aromatic nitrogens is 4. The molecule has 0 atom stereocenters. The molecule has 0 aromatic carbocycles. The Bertz CT molecular complexity index is 711. The van der Waals surface area contributed by atoms with Gasteiger partial charge in [0, 0.05) is 6.20 Å². The van der Waals surface area contributed by atoms with Gasteiger partial charge in [0.1, 0.15) is 0 Å². The summed E-state index contributed by atoms with van der Waals surface area (Å²) in [6.07, 6.45) is 4.72. The van der Waals surface area contributed by atoms with Crippen molar-refractivity contribution in [2.75, 3.05) is 0 Å². The molecule has 7 nitrogen and oxygen atoms in total. The fourth-order valence-electron chi connectivity index (χ4n) is 2.08. The number of aryl methyl sites for hydroxylation is 2. The molecule has 0 aliphatic carbocycles. The molecule has 0 saturated carbocycles. The molecule has 7 heteroatoms. The van der Waals surface area contributed by atoms with E-state index >= 15 is 0 Å². The number of H-pyrrole nitrogens is 1. The SMILES string of the molecule is CCCc1c(O)n(CCn2cc(C)cn2)c(=O)[nH]c1=O. The Balaban J connectivity index is 2.29. The number of nitrogens with one attached hydrogen (secondary N) is 1. The van der Waals surface area contributed by atoms with Crippen molar-refractivity contribution in [1.29, 1.82) is 0 Å². The van der Waals surface area contributed by atoms with Crippen LogP contribution in [0.5, 0.6) is 5.88 Å². The maximum Gasteiger partial charge on any atom is 0.331 e. The highest BCUT2D eigenvalue weighted by Crippen LogP contribution is 2.12. The molecule has 0 radical (unpaired) electrons. The number of rotatable bonds is 5. The third-order valence-corrected chi connectivity index (χ3v) is 3.08. The van der Waals surface area contributed by atoms with Crippen molar-refractivity contribution in [3.8, 4) is 5.88 Å². The monoisotopic (exact) mass is 278 g/mol. The van der Waals surface area contributed by atoms with Gasteiger partial charge in [-0.25, -0.2) is 4.79 Å². The van der Waals surface area contributed by atoms with Crippen LogP contribution in [-0.4, -0.2) is 24.4 Å². The summed E-state index contributed by atoms with van der Waals surface area (Å²) >= 11 is 0. The van der Waals surface area contributed by atoms with Gasteiger partial charge in [-0.3, -0.25) is 19.0 Å². The third-order valence-electron chi connectivity index (χ3n) is 3.08. The van der Waals surface area contributed by atoms with Crippen LogP contribution in [-0.2, 0) is 19.5 Å². The largest absolute Gasteiger partial charge is 0.494 e. The van der Waals surface area contributed by atoms with E-state index in [1.165, 1.54) is 4.57 Å². The van der Waals surface area contributed by atoms with Crippen molar-refractivity contribution in [2.45, 2.75) is 39.8 Å². The van der Waals surface area contributed by atoms with Gasteiger partial charge in [0.2, 0.25) is 5.88 Å². The van der Waals surface area contributed by atoms with Gasteiger partial charge in [0.05, 0.1) is 24.8 Å². The molecule has 2 aromatic rings. The molecule has 0 amide bonds. The second-order valence-electron chi connectivity index (χ2n) is 4.74. The van der Waals surface area contributed by atoms with Crippen molar-refractivity contribution in [2.24, 2.45) is 0 Å². The van der Waals surface area contributed by atoms with Crippen LogP contribution >= 0.6 is 0 Å². The van der Waals surface area contributed by atoms with Gasteiger partial charge in [0.15, 0.2) is 0 Å². The van der Waals surface area contributed by atoms with Crippen LogP contribution < -0.4 is 11.2 Å². The van der Waals surface area contributed by atoms with E-state index in [4.69, 9.17) is 0 Å². The highest BCUT2D eigenvalue weighted by atomic mass is 16.3. The van der Waals surface area contributed by atoms with Gasteiger partial charge in [-0.1, -0.05) is 13.3 Å². The summed E-state index contributed by atoms with van der Waals surface area (Å²) in [6.45, 7) is 4.52. The Kier molecular flexibility index (Phi) is 4.07. The molecule has 0 fully saturated rings. The average molecular weight is 278 g/mol. The number of aromatic hydroxyl groups is 1. The fraction of sp³-hybridized carbons (Fsp3) is 0.462. The Morgan fingerprint density at radius 1 is 1.35 bits per heavy atom. The number of hydrogen-bond acceptors (Lipinski definition) is 4. The van der Waals surface area contributed by atoms with E-state index in [1.807, 2.05) is 20.0 Å². The molecule has 0 saturated heterocycles. The van der Waals surface area contributed by atoms with Gasteiger partial charge in [-0.2, -0.15) is 5.10 Å². The lowest BCUT2D eigenvalue weighted by Gasteiger charge is -2.10. The lowest BCUT2D eigenvalue weighted by molar-refractivity contribution is 0.378. The zero-order chi connectivity index (χ0) is 14.7. The van der Waals surface area contributed by atoms with Crippen LogP contribution in [0.25, 0.3) is 0 Å². The van der Waals surface area contributed by atoms with Crippen molar-refractivity contribution < 1.29 is 5.11 Å². The molecule has 0 unspecified atom stereocenters. The summed E-state index contributed by atoms with van der Waals surface area (Å²) in [5.41, 5.74) is 0.162. The van der Waals surface area contributed by atoms with E-state index in [9.17, 15) is 14.7 Å². The lowest BCUT2D eigenvalue weighted by atomic mass is 10.2. The molecule has 0 bridgehead atoms. The van der Waals surface area contributed by atoms with Crippen LogP contribution in [0, 0.1) is 6.92 Å². The topological polar surface area (TPSA) is 92.9 Å². The molecule has 108 valence electrons. The van der Waals surface area contributed by atoms with E-state index in [0.717, 1.165) is 5.56 Å². The highest BCUT2D eigenvalue weighted by Gasteiger charge is 2.13. The van der Waals surface area contributed by atoms with Gasteiger partial charge in [-0.15, -0.1) is 0 Å². The van der Waals surface area contributed by atoms with E-state index in [1.54, 1.807) is 10.9 Å². The van der Waals surface area contributed by atoms with Crippen LogP contribution in [0.1, 0.15) is 24.5 Å². The second-order valence-corrected chi connectivity index (χ2v) is 4.74. The number of nitrogens with zero attached hydrogens (tertiary/aromatic N) is 3. The molecule has 0 aliphatic rings. The number of hydrogen-bond donors (Lipinski definition) is 2. The normalized spacial score (nSPS) is 10.9. The molecule has 0 aliphatic heterocycles. The van der Waals surface area contributed by atoms with E-state index < -0.39 is 11.2 Å². The minimum absolute atomic E-state index is 0.246. The first-order valence-corrected chi connectivity index (χ1v) is 6.57. The Hall–Kier alpha value is -2.31. The smallest absolute Gasteiger partial charge is 0.331 e. The summed E-state index contributed by atoms with van der Waals surface area (Å²) in [5, 5.41) is 14.2. The minimum Gasteiger partial charge on any atom is -0.494 e. The summed E-state index contributed by atoms with van der Waals surface area (Å²) in [5.74, 6) is -0.246.